The molecule has 2 aromatic heterocycles. The van der Waals surface area contributed by atoms with Crippen molar-refractivity contribution in [3.63, 3.8) is 0 Å². The van der Waals surface area contributed by atoms with Crippen LogP contribution in [0.4, 0.5) is 0 Å². The van der Waals surface area contributed by atoms with Gasteiger partial charge >= 0.3 is 0 Å². The maximum absolute atomic E-state index is 12.5. The van der Waals surface area contributed by atoms with Gasteiger partial charge < -0.3 is 5.32 Å². The van der Waals surface area contributed by atoms with Gasteiger partial charge in [0.05, 0.1) is 12.2 Å². The van der Waals surface area contributed by atoms with E-state index in [1.165, 1.54) is 35.3 Å². The molecule has 2 heterocycles. The Kier molecular flexibility index (Phi) is 6.10. The highest BCUT2D eigenvalue weighted by atomic mass is 32.1. The number of ketones is 1. The van der Waals surface area contributed by atoms with Gasteiger partial charge in [0.1, 0.15) is 5.01 Å². The van der Waals surface area contributed by atoms with Gasteiger partial charge in [-0.2, -0.15) is 0 Å². The van der Waals surface area contributed by atoms with Crippen molar-refractivity contribution in [2.75, 3.05) is 0 Å². The van der Waals surface area contributed by atoms with Crippen LogP contribution in [0.5, 0.6) is 0 Å². The second-order valence-corrected chi connectivity index (χ2v) is 8.13. The van der Waals surface area contributed by atoms with Crippen LogP contribution in [0.1, 0.15) is 52.9 Å². The van der Waals surface area contributed by atoms with E-state index >= 15 is 0 Å². The first kappa shape index (κ1) is 19.5. The van der Waals surface area contributed by atoms with Gasteiger partial charge in [-0.05, 0) is 55.0 Å². The molecule has 0 radical (unpaired) electrons. The largest absolute Gasteiger partial charge is 0.350 e. The zero-order valence-corrected chi connectivity index (χ0v) is 17.0. The lowest BCUT2D eigenvalue weighted by Gasteiger charge is -2.16. The number of carbonyl (C=O) groups is 2. The lowest BCUT2D eigenvalue weighted by Crippen LogP contribution is -2.23. The molecule has 1 amide bonds. The average Bonchev–Trinajstić information content (AvgIpc) is 3.25. The third-order valence-electron chi connectivity index (χ3n) is 5.18. The summed E-state index contributed by atoms with van der Waals surface area (Å²) in [5.41, 5.74) is 5.15. The summed E-state index contributed by atoms with van der Waals surface area (Å²) in [5, 5.41) is 5.67. The number of nitrogens with one attached hydrogen (secondary N) is 1. The third kappa shape index (κ3) is 4.95. The zero-order chi connectivity index (χ0) is 20.1. The molecular weight excluding hydrogens is 382 g/mol. The maximum Gasteiger partial charge on any atom is 0.220 e. The Labute approximate surface area is 174 Å². The minimum atomic E-state index is -0.132. The smallest absolute Gasteiger partial charge is 0.220 e. The molecule has 6 heteroatoms. The first-order valence-electron chi connectivity index (χ1n) is 9.95. The summed E-state index contributed by atoms with van der Waals surface area (Å²) < 4.78 is 0. The van der Waals surface area contributed by atoms with Crippen LogP contribution in [0.3, 0.4) is 0 Å². The van der Waals surface area contributed by atoms with Crippen LogP contribution >= 0.6 is 11.3 Å². The Balaban J connectivity index is 1.26. The van der Waals surface area contributed by atoms with Gasteiger partial charge in [0, 0.05) is 41.7 Å². The van der Waals surface area contributed by atoms with Crippen molar-refractivity contribution >= 4 is 23.0 Å². The van der Waals surface area contributed by atoms with Crippen LogP contribution in [0.2, 0.25) is 0 Å². The van der Waals surface area contributed by atoms with Gasteiger partial charge in [0.15, 0.2) is 5.78 Å². The summed E-state index contributed by atoms with van der Waals surface area (Å²) in [7, 11) is 0. The zero-order valence-electron chi connectivity index (χ0n) is 16.2. The van der Waals surface area contributed by atoms with Crippen molar-refractivity contribution in [2.45, 2.75) is 45.1 Å². The molecule has 0 atom stereocenters. The number of rotatable bonds is 7. The Morgan fingerprint density at radius 1 is 1.07 bits per heavy atom. The van der Waals surface area contributed by atoms with Crippen LogP contribution in [0.25, 0.3) is 10.6 Å². The number of pyridine rings is 1. The number of amides is 1. The normalized spacial score (nSPS) is 13.0. The Morgan fingerprint density at radius 2 is 1.93 bits per heavy atom. The number of carbonyl (C=O) groups excluding carboxylic acids is 2. The molecule has 0 aliphatic heterocycles. The molecule has 0 bridgehead atoms. The molecule has 1 N–H and O–H groups in total. The lowest BCUT2D eigenvalue weighted by atomic mass is 9.89. The number of thiazole rings is 1. The number of nitrogens with zero attached hydrogens (tertiary/aromatic N) is 2. The van der Waals surface area contributed by atoms with E-state index in [1.54, 1.807) is 12.4 Å². The van der Waals surface area contributed by atoms with Crippen LogP contribution in [0.15, 0.2) is 48.1 Å². The van der Waals surface area contributed by atoms with Gasteiger partial charge in [-0.3, -0.25) is 14.6 Å². The highest BCUT2D eigenvalue weighted by molar-refractivity contribution is 7.13. The quantitative estimate of drug-likeness (QED) is 0.593. The molecule has 1 aliphatic rings. The molecule has 1 aromatic carbocycles. The first-order chi connectivity index (χ1) is 14.2. The average molecular weight is 406 g/mol. The van der Waals surface area contributed by atoms with E-state index in [1.807, 2.05) is 29.6 Å². The number of Topliss-reactive ketones (excluding diaryl/α,β-unsaturated/α-hetero) is 1. The van der Waals surface area contributed by atoms with Gasteiger partial charge in [-0.15, -0.1) is 11.3 Å². The molecule has 148 valence electrons. The number of hydrogen-bond donors (Lipinski definition) is 1. The topological polar surface area (TPSA) is 72.0 Å². The van der Waals surface area contributed by atoms with E-state index < -0.39 is 0 Å². The monoisotopic (exact) mass is 405 g/mol. The highest BCUT2D eigenvalue weighted by Crippen LogP contribution is 2.24. The summed E-state index contributed by atoms with van der Waals surface area (Å²) in [6.07, 6.45) is 8.47. The molecular formula is C23H23N3O2S. The van der Waals surface area contributed by atoms with Crippen molar-refractivity contribution in [3.05, 3.63) is 70.5 Å². The molecule has 1 aliphatic carbocycles. The Bertz CT molecular complexity index is 1010. The number of benzene rings is 1. The van der Waals surface area contributed by atoms with Crippen LogP contribution in [-0.4, -0.2) is 21.7 Å². The predicted molar refractivity (Wildman–Crippen MR) is 114 cm³/mol. The van der Waals surface area contributed by atoms with Crippen LogP contribution in [0, 0.1) is 0 Å². The molecule has 29 heavy (non-hydrogen) atoms. The van der Waals surface area contributed by atoms with E-state index in [0.29, 0.717) is 6.54 Å². The van der Waals surface area contributed by atoms with Crippen molar-refractivity contribution in [2.24, 2.45) is 0 Å². The van der Waals surface area contributed by atoms with Gasteiger partial charge in [-0.25, -0.2) is 4.98 Å². The summed E-state index contributed by atoms with van der Waals surface area (Å²) in [6.45, 7) is 0.364. The van der Waals surface area contributed by atoms with Crippen molar-refractivity contribution in [1.29, 1.82) is 0 Å². The predicted octanol–water partition coefficient (Wildman–Crippen LogP) is 4.36. The van der Waals surface area contributed by atoms with E-state index in [-0.39, 0.29) is 24.5 Å². The molecule has 0 saturated carbocycles. The van der Waals surface area contributed by atoms with E-state index in [9.17, 15) is 9.59 Å². The molecule has 5 nitrogen and oxygen atoms in total. The van der Waals surface area contributed by atoms with Gasteiger partial charge in [-0.1, -0.05) is 12.1 Å². The fraction of sp³-hybridized carbons (Fsp3) is 0.304. The Hall–Kier alpha value is -2.86. The number of aromatic nitrogens is 2. The van der Waals surface area contributed by atoms with Crippen LogP contribution < -0.4 is 5.32 Å². The van der Waals surface area contributed by atoms with E-state index in [4.69, 9.17) is 0 Å². The standard InChI is InChI=1S/C23H23N3O2S/c27-21(18-8-7-16-4-1-2-5-17(16)12-18)9-10-22(28)25-14-20-15-29-23(26-20)19-6-3-11-24-13-19/h3,6-8,11-13,15H,1-2,4-5,9-10,14H2,(H,25,28). The first-order valence-corrected chi connectivity index (χ1v) is 10.8. The van der Waals surface area contributed by atoms with Crippen molar-refractivity contribution in [1.82, 2.24) is 15.3 Å². The number of aryl methyl sites for hydroxylation is 2. The second kappa shape index (κ2) is 9.09. The lowest BCUT2D eigenvalue weighted by molar-refractivity contribution is -0.121. The molecule has 0 unspecified atom stereocenters. The maximum atomic E-state index is 12.5. The summed E-state index contributed by atoms with van der Waals surface area (Å²) in [6, 6.07) is 9.83. The summed E-state index contributed by atoms with van der Waals surface area (Å²) in [4.78, 5) is 33.3. The van der Waals surface area contributed by atoms with Crippen molar-refractivity contribution in [3.8, 4) is 10.6 Å². The summed E-state index contributed by atoms with van der Waals surface area (Å²) in [5.74, 6) is -0.103. The fourth-order valence-corrected chi connectivity index (χ4v) is 4.38. The third-order valence-corrected chi connectivity index (χ3v) is 6.12. The van der Waals surface area contributed by atoms with E-state index in [0.717, 1.165) is 34.7 Å². The number of hydrogen-bond acceptors (Lipinski definition) is 5. The second-order valence-electron chi connectivity index (χ2n) is 7.28. The number of fused-ring (bicyclic) bond motifs is 1. The minimum Gasteiger partial charge on any atom is -0.350 e. The van der Waals surface area contributed by atoms with Crippen LogP contribution in [-0.2, 0) is 24.2 Å². The SMILES string of the molecule is O=C(CCC(=O)c1ccc2c(c1)CCCC2)NCc1csc(-c2cccnc2)n1. The fourth-order valence-electron chi connectivity index (χ4n) is 3.57. The molecule has 0 fully saturated rings. The molecule has 0 spiro atoms. The molecule has 3 aromatic rings. The summed E-state index contributed by atoms with van der Waals surface area (Å²) >= 11 is 1.52. The highest BCUT2D eigenvalue weighted by Gasteiger charge is 2.14. The molecule has 4 rings (SSSR count). The Morgan fingerprint density at radius 3 is 2.76 bits per heavy atom. The molecule has 0 saturated heterocycles. The minimum absolute atomic E-state index is 0.0287. The van der Waals surface area contributed by atoms with Gasteiger partial charge in [0.25, 0.3) is 0 Å². The van der Waals surface area contributed by atoms with Gasteiger partial charge in [0.2, 0.25) is 5.91 Å². The van der Waals surface area contributed by atoms with Crippen molar-refractivity contribution < 1.29 is 9.59 Å². The van der Waals surface area contributed by atoms with E-state index in [2.05, 4.69) is 21.4 Å².